The molecule has 0 saturated heterocycles. The molecule has 3 unspecified atom stereocenters. The normalized spacial score (nSPS) is 23.0. The zero-order chi connectivity index (χ0) is 15.4. The second-order valence-corrected chi connectivity index (χ2v) is 6.35. The van der Waals surface area contributed by atoms with E-state index in [4.69, 9.17) is 0 Å². The van der Waals surface area contributed by atoms with Crippen LogP contribution in [0.25, 0.3) is 0 Å². The molecule has 3 atom stereocenters. The summed E-state index contributed by atoms with van der Waals surface area (Å²) in [5.41, 5.74) is 2.26. The van der Waals surface area contributed by atoms with Crippen molar-refractivity contribution in [2.24, 2.45) is 11.8 Å². The number of nitrogens with one attached hydrogen (secondary N) is 1. The minimum absolute atomic E-state index is 0.0545. The van der Waals surface area contributed by atoms with E-state index in [1.807, 2.05) is 36.4 Å². The third-order valence-corrected chi connectivity index (χ3v) is 4.61. The average molecular weight is 293 g/mol. The Morgan fingerprint density at radius 1 is 1.00 bits per heavy atom. The van der Waals surface area contributed by atoms with Crippen molar-refractivity contribution in [1.29, 1.82) is 0 Å². The minimum atomic E-state index is 0.0545. The van der Waals surface area contributed by atoms with Crippen LogP contribution in [-0.4, -0.2) is 5.78 Å². The number of ketones is 1. The Morgan fingerprint density at radius 2 is 1.64 bits per heavy atom. The molecule has 2 nitrogen and oxygen atoms in total. The van der Waals surface area contributed by atoms with Crippen molar-refractivity contribution in [1.82, 2.24) is 0 Å². The van der Waals surface area contributed by atoms with E-state index in [0.717, 1.165) is 18.5 Å². The first-order valence-corrected chi connectivity index (χ1v) is 8.13. The molecule has 1 fully saturated rings. The Morgan fingerprint density at radius 3 is 2.32 bits per heavy atom. The van der Waals surface area contributed by atoms with E-state index in [2.05, 4.69) is 36.5 Å². The molecule has 2 aromatic rings. The van der Waals surface area contributed by atoms with Gasteiger partial charge in [0.15, 0.2) is 0 Å². The summed E-state index contributed by atoms with van der Waals surface area (Å²) < 4.78 is 0. The van der Waals surface area contributed by atoms with Gasteiger partial charge in [0.25, 0.3) is 0 Å². The molecule has 0 radical (unpaired) electrons. The van der Waals surface area contributed by atoms with Crippen LogP contribution in [-0.2, 0) is 4.79 Å². The minimum Gasteiger partial charge on any atom is -0.378 e. The number of carbonyl (C=O) groups excluding carboxylic acids is 1. The highest BCUT2D eigenvalue weighted by molar-refractivity contribution is 5.83. The van der Waals surface area contributed by atoms with Crippen molar-refractivity contribution in [3.63, 3.8) is 0 Å². The van der Waals surface area contributed by atoms with Crippen molar-refractivity contribution in [2.75, 3.05) is 5.32 Å². The molecule has 0 amide bonds. The van der Waals surface area contributed by atoms with E-state index < -0.39 is 0 Å². The first kappa shape index (κ1) is 14.8. The van der Waals surface area contributed by atoms with Crippen LogP contribution >= 0.6 is 0 Å². The summed E-state index contributed by atoms with van der Waals surface area (Å²) in [5, 5.41) is 3.60. The van der Waals surface area contributed by atoms with Gasteiger partial charge in [0.1, 0.15) is 5.78 Å². The molecule has 1 N–H and O–H groups in total. The summed E-state index contributed by atoms with van der Waals surface area (Å²) in [5.74, 6) is 1.08. The van der Waals surface area contributed by atoms with Crippen LogP contribution in [0.2, 0.25) is 0 Å². The Bertz CT molecular complexity index is 608. The van der Waals surface area contributed by atoms with Gasteiger partial charge in [-0.2, -0.15) is 0 Å². The number of Topliss-reactive ketones (excluding diaryl/α,β-unsaturated/α-hetero) is 1. The lowest BCUT2D eigenvalue weighted by atomic mass is 9.75. The van der Waals surface area contributed by atoms with Crippen LogP contribution in [0.4, 0.5) is 5.69 Å². The monoisotopic (exact) mass is 293 g/mol. The van der Waals surface area contributed by atoms with Crippen LogP contribution < -0.4 is 5.32 Å². The molecule has 2 heteroatoms. The smallest absolute Gasteiger partial charge is 0.138 e. The number of anilines is 1. The van der Waals surface area contributed by atoms with Crippen LogP contribution in [0.3, 0.4) is 0 Å². The maximum Gasteiger partial charge on any atom is 0.138 e. The Balaban J connectivity index is 1.90. The summed E-state index contributed by atoms with van der Waals surface area (Å²) >= 11 is 0. The van der Waals surface area contributed by atoms with Gasteiger partial charge in [0.2, 0.25) is 0 Å². The molecule has 114 valence electrons. The van der Waals surface area contributed by atoms with Gasteiger partial charge in [-0.15, -0.1) is 0 Å². The summed E-state index contributed by atoms with van der Waals surface area (Å²) in [6.45, 7) is 2.25. The predicted molar refractivity (Wildman–Crippen MR) is 90.8 cm³/mol. The van der Waals surface area contributed by atoms with E-state index in [0.29, 0.717) is 18.1 Å². The van der Waals surface area contributed by atoms with Gasteiger partial charge in [0, 0.05) is 18.0 Å². The Hall–Kier alpha value is -2.09. The zero-order valence-corrected chi connectivity index (χ0v) is 13.0. The highest BCUT2D eigenvalue weighted by Gasteiger charge is 2.33. The SMILES string of the molecule is CC1CCC(=O)C(C(Nc2ccccc2)c2ccccc2)C1. The lowest BCUT2D eigenvalue weighted by molar-refractivity contribution is -0.126. The van der Waals surface area contributed by atoms with Gasteiger partial charge in [-0.1, -0.05) is 55.5 Å². The number of para-hydroxylation sites is 1. The molecule has 0 spiro atoms. The molecule has 0 bridgehead atoms. The lowest BCUT2D eigenvalue weighted by Gasteiger charge is -2.33. The van der Waals surface area contributed by atoms with Gasteiger partial charge < -0.3 is 5.32 Å². The van der Waals surface area contributed by atoms with E-state index in [-0.39, 0.29) is 12.0 Å². The number of hydrogen-bond donors (Lipinski definition) is 1. The molecule has 1 aliphatic carbocycles. The van der Waals surface area contributed by atoms with Crippen molar-refractivity contribution >= 4 is 11.5 Å². The Labute approximate surface area is 132 Å². The van der Waals surface area contributed by atoms with Crippen LogP contribution in [0.15, 0.2) is 60.7 Å². The molecule has 1 aliphatic rings. The summed E-state index contributed by atoms with van der Waals surface area (Å²) in [7, 11) is 0. The van der Waals surface area contributed by atoms with Crippen LogP contribution in [0.1, 0.15) is 37.8 Å². The molecule has 0 aromatic heterocycles. The topological polar surface area (TPSA) is 29.1 Å². The van der Waals surface area contributed by atoms with Crippen LogP contribution in [0, 0.1) is 11.8 Å². The molecule has 22 heavy (non-hydrogen) atoms. The maximum atomic E-state index is 12.5. The maximum absolute atomic E-state index is 12.5. The first-order valence-electron chi connectivity index (χ1n) is 8.13. The molecule has 0 heterocycles. The molecular formula is C20H23NO. The van der Waals surface area contributed by atoms with Gasteiger partial charge >= 0.3 is 0 Å². The fourth-order valence-electron chi connectivity index (χ4n) is 3.37. The van der Waals surface area contributed by atoms with E-state index in [1.165, 1.54) is 5.56 Å². The largest absolute Gasteiger partial charge is 0.378 e. The summed E-state index contributed by atoms with van der Waals surface area (Å²) in [6.07, 6.45) is 2.71. The number of rotatable bonds is 4. The fourth-order valence-corrected chi connectivity index (χ4v) is 3.37. The lowest BCUT2D eigenvalue weighted by Crippen LogP contribution is -2.32. The molecule has 1 saturated carbocycles. The average Bonchev–Trinajstić information content (AvgIpc) is 2.57. The fraction of sp³-hybridized carbons (Fsp3) is 0.350. The summed E-state index contributed by atoms with van der Waals surface area (Å²) in [6, 6.07) is 20.6. The quantitative estimate of drug-likeness (QED) is 0.873. The van der Waals surface area contributed by atoms with Gasteiger partial charge in [-0.25, -0.2) is 0 Å². The number of benzene rings is 2. The van der Waals surface area contributed by atoms with Gasteiger partial charge in [0.05, 0.1) is 6.04 Å². The van der Waals surface area contributed by atoms with Gasteiger partial charge in [-0.05, 0) is 36.5 Å². The van der Waals surface area contributed by atoms with E-state index in [9.17, 15) is 4.79 Å². The van der Waals surface area contributed by atoms with Crippen molar-refractivity contribution in [2.45, 2.75) is 32.2 Å². The predicted octanol–water partition coefficient (Wildman–Crippen LogP) is 4.85. The van der Waals surface area contributed by atoms with Crippen molar-refractivity contribution < 1.29 is 4.79 Å². The second-order valence-electron chi connectivity index (χ2n) is 6.35. The number of carbonyl (C=O) groups is 1. The molecular weight excluding hydrogens is 270 g/mol. The molecule has 0 aliphatic heterocycles. The third kappa shape index (κ3) is 3.38. The molecule has 2 aromatic carbocycles. The second kappa shape index (κ2) is 6.78. The first-order chi connectivity index (χ1) is 10.7. The standard InChI is InChI=1S/C20H23NO/c1-15-12-13-19(22)18(14-15)20(16-8-4-2-5-9-16)21-17-10-6-3-7-11-17/h2-11,15,18,20-21H,12-14H2,1H3. The van der Waals surface area contributed by atoms with E-state index >= 15 is 0 Å². The third-order valence-electron chi connectivity index (χ3n) is 4.61. The summed E-state index contributed by atoms with van der Waals surface area (Å²) in [4.78, 5) is 12.5. The van der Waals surface area contributed by atoms with Crippen LogP contribution in [0.5, 0.6) is 0 Å². The zero-order valence-electron chi connectivity index (χ0n) is 13.0. The van der Waals surface area contributed by atoms with Crippen molar-refractivity contribution in [3.8, 4) is 0 Å². The number of hydrogen-bond acceptors (Lipinski definition) is 2. The highest BCUT2D eigenvalue weighted by Crippen LogP contribution is 2.37. The van der Waals surface area contributed by atoms with Gasteiger partial charge in [-0.3, -0.25) is 4.79 Å². The van der Waals surface area contributed by atoms with E-state index in [1.54, 1.807) is 0 Å². The highest BCUT2D eigenvalue weighted by atomic mass is 16.1. The molecule has 3 rings (SSSR count). The Kier molecular flexibility index (Phi) is 4.57. The van der Waals surface area contributed by atoms with Crippen molar-refractivity contribution in [3.05, 3.63) is 66.2 Å².